The summed E-state index contributed by atoms with van der Waals surface area (Å²) >= 11 is 0. The van der Waals surface area contributed by atoms with Crippen LogP contribution in [0, 0.1) is 11.8 Å². The van der Waals surface area contributed by atoms with Gasteiger partial charge in [0.2, 0.25) is 0 Å². The lowest BCUT2D eigenvalue weighted by atomic mass is 9.89. The van der Waals surface area contributed by atoms with Crippen LogP contribution in [0.4, 0.5) is 0 Å². The summed E-state index contributed by atoms with van der Waals surface area (Å²) in [6.45, 7) is 2.04. The molecule has 22 heavy (non-hydrogen) atoms. The van der Waals surface area contributed by atoms with Gasteiger partial charge < -0.3 is 10.2 Å². The third-order valence-corrected chi connectivity index (χ3v) is 3.80. The summed E-state index contributed by atoms with van der Waals surface area (Å²) in [5, 5.41) is 18.5. The first-order chi connectivity index (χ1) is 10.5. The topological polar surface area (TPSA) is 74.6 Å². The van der Waals surface area contributed by atoms with E-state index in [1.54, 1.807) is 18.2 Å². The molecule has 0 aromatic rings. The fourth-order valence-corrected chi connectivity index (χ4v) is 2.56. The van der Waals surface area contributed by atoms with Gasteiger partial charge in [0.15, 0.2) is 5.78 Å². The average molecular weight is 306 g/mol. The maximum atomic E-state index is 11.9. The Bertz CT molecular complexity index is 448. The number of aliphatic hydroxyl groups is 1. The van der Waals surface area contributed by atoms with E-state index in [1.165, 1.54) is 0 Å². The molecule has 2 N–H and O–H groups in total. The van der Waals surface area contributed by atoms with Gasteiger partial charge in [-0.2, -0.15) is 0 Å². The average Bonchev–Trinajstić information content (AvgIpc) is 2.82. The number of aliphatic hydroxyl groups excluding tert-OH is 1. The number of carbonyl (C=O) groups excluding carboxylic acids is 1. The van der Waals surface area contributed by atoms with Crippen LogP contribution >= 0.6 is 0 Å². The molecule has 0 saturated carbocycles. The lowest BCUT2D eigenvalue weighted by molar-refractivity contribution is -0.137. The molecule has 0 saturated heterocycles. The van der Waals surface area contributed by atoms with Gasteiger partial charge in [-0.15, -0.1) is 0 Å². The number of allylic oxidation sites excluding steroid dienone is 4. The summed E-state index contributed by atoms with van der Waals surface area (Å²) in [5.74, 6) is -0.806. The highest BCUT2D eigenvalue weighted by Crippen LogP contribution is 2.28. The van der Waals surface area contributed by atoms with Crippen LogP contribution in [0.25, 0.3) is 0 Å². The van der Waals surface area contributed by atoms with Crippen molar-refractivity contribution >= 4 is 11.8 Å². The molecule has 0 heterocycles. The normalized spacial score (nSPS) is 22.9. The van der Waals surface area contributed by atoms with Gasteiger partial charge in [0.25, 0.3) is 0 Å². The van der Waals surface area contributed by atoms with Crippen molar-refractivity contribution in [3.05, 3.63) is 36.5 Å². The minimum absolute atomic E-state index is 0.0655. The third-order valence-electron chi connectivity index (χ3n) is 3.80. The zero-order chi connectivity index (χ0) is 16.4. The number of carboxylic acid groups (broad SMARTS) is 1. The Morgan fingerprint density at radius 2 is 2.14 bits per heavy atom. The molecule has 122 valence electrons. The van der Waals surface area contributed by atoms with Crippen molar-refractivity contribution in [2.24, 2.45) is 11.8 Å². The minimum Gasteiger partial charge on any atom is -0.481 e. The largest absolute Gasteiger partial charge is 0.481 e. The van der Waals surface area contributed by atoms with Crippen LogP contribution < -0.4 is 0 Å². The van der Waals surface area contributed by atoms with Crippen molar-refractivity contribution in [3.8, 4) is 0 Å². The molecule has 0 bridgehead atoms. The standard InChI is InChI=1S/C18H26O4/c1-2-3-4-8-15(19)11-12-16-14(10-13-17(16)20)7-5-6-9-18(21)22/h3-4,10-16,19H,2,5-9H2,1H3,(H,21,22)/b4-3-,12-11+/t14-,15+,16-/m0/s1. The number of carbonyl (C=O) groups is 2. The van der Waals surface area contributed by atoms with E-state index < -0.39 is 12.1 Å². The molecule has 1 aliphatic rings. The first kappa shape index (κ1) is 18.4. The van der Waals surface area contributed by atoms with Crippen molar-refractivity contribution in [1.29, 1.82) is 0 Å². The van der Waals surface area contributed by atoms with Crippen molar-refractivity contribution < 1.29 is 19.8 Å². The van der Waals surface area contributed by atoms with Gasteiger partial charge in [-0.1, -0.05) is 43.7 Å². The molecule has 0 aromatic heterocycles. The van der Waals surface area contributed by atoms with Gasteiger partial charge in [-0.05, 0) is 37.7 Å². The summed E-state index contributed by atoms with van der Waals surface area (Å²) in [4.78, 5) is 22.4. The number of rotatable bonds is 10. The van der Waals surface area contributed by atoms with E-state index in [4.69, 9.17) is 5.11 Å². The van der Waals surface area contributed by atoms with Crippen LogP contribution in [0.15, 0.2) is 36.5 Å². The number of hydrogen-bond acceptors (Lipinski definition) is 3. The van der Waals surface area contributed by atoms with Crippen molar-refractivity contribution in [2.45, 2.75) is 51.6 Å². The Morgan fingerprint density at radius 3 is 2.82 bits per heavy atom. The molecule has 0 aliphatic heterocycles. The van der Waals surface area contributed by atoms with E-state index in [1.807, 2.05) is 25.2 Å². The molecule has 0 amide bonds. The Balaban J connectivity index is 2.43. The monoisotopic (exact) mass is 306 g/mol. The molecule has 1 rings (SSSR count). The van der Waals surface area contributed by atoms with E-state index in [-0.39, 0.29) is 24.0 Å². The molecule has 3 atom stereocenters. The van der Waals surface area contributed by atoms with Crippen LogP contribution in [-0.2, 0) is 9.59 Å². The predicted octanol–water partition coefficient (Wildman–Crippen LogP) is 3.28. The lowest BCUT2D eigenvalue weighted by Gasteiger charge is -2.14. The van der Waals surface area contributed by atoms with E-state index in [0.717, 1.165) is 19.3 Å². The van der Waals surface area contributed by atoms with Gasteiger partial charge in [0, 0.05) is 12.3 Å². The quantitative estimate of drug-likeness (QED) is 0.480. The lowest BCUT2D eigenvalue weighted by Crippen LogP contribution is -2.14. The number of aliphatic carboxylic acids is 1. The summed E-state index contributed by atoms with van der Waals surface area (Å²) in [7, 11) is 0. The molecule has 0 fully saturated rings. The van der Waals surface area contributed by atoms with Crippen LogP contribution in [-0.4, -0.2) is 28.1 Å². The molecule has 0 unspecified atom stereocenters. The van der Waals surface area contributed by atoms with Crippen LogP contribution in [0.3, 0.4) is 0 Å². The van der Waals surface area contributed by atoms with E-state index in [9.17, 15) is 14.7 Å². The first-order valence-corrected chi connectivity index (χ1v) is 7.99. The fraction of sp³-hybridized carbons (Fsp3) is 0.556. The molecule has 0 radical (unpaired) electrons. The van der Waals surface area contributed by atoms with Crippen LogP contribution in [0.5, 0.6) is 0 Å². The molecule has 4 nitrogen and oxygen atoms in total. The van der Waals surface area contributed by atoms with E-state index in [2.05, 4.69) is 0 Å². The number of ketones is 1. The zero-order valence-corrected chi connectivity index (χ0v) is 13.1. The highest BCUT2D eigenvalue weighted by molar-refractivity contribution is 5.95. The van der Waals surface area contributed by atoms with E-state index >= 15 is 0 Å². The number of unbranched alkanes of at least 4 members (excludes halogenated alkanes) is 1. The third kappa shape index (κ3) is 6.85. The summed E-state index contributed by atoms with van der Waals surface area (Å²) in [6.07, 6.45) is 14.3. The summed E-state index contributed by atoms with van der Waals surface area (Å²) in [6, 6.07) is 0. The van der Waals surface area contributed by atoms with Crippen molar-refractivity contribution in [3.63, 3.8) is 0 Å². The summed E-state index contributed by atoms with van der Waals surface area (Å²) in [5.41, 5.74) is 0. The Labute approximate surface area is 132 Å². The SMILES string of the molecule is CC/C=C\C[C@@H](O)/C=C/[C@@H]1C(=O)C=C[C@@H]1CCCCC(=O)O. The second-order valence-corrected chi connectivity index (χ2v) is 5.66. The van der Waals surface area contributed by atoms with Gasteiger partial charge in [0.05, 0.1) is 6.10 Å². The van der Waals surface area contributed by atoms with Gasteiger partial charge in [-0.3, -0.25) is 9.59 Å². The second-order valence-electron chi connectivity index (χ2n) is 5.66. The maximum Gasteiger partial charge on any atom is 0.303 e. The smallest absolute Gasteiger partial charge is 0.303 e. The van der Waals surface area contributed by atoms with Crippen molar-refractivity contribution in [2.75, 3.05) is 0 Å². The van der Waals surface area contributed by atoms with E-state index in [0.29, 0.717) is 12.8 Å². The first-order valence-electron chi connectivity index (χ1n) is 7.99. The highest BCUT2D eigenvalue weighted by Gasteiger charge is 2.27. The molecule has 4 heteroatoms. The predicted molar refractivity (Wildman–Crippen MR) is 86.4 cm³/mol. The zero-order valence-electron chi connectivity index (χ0n) is 13.1. The van der Waals surface area contributed by atoms with Crippen LogP contribution in [0.2, 0.25) is 0 Å². The molecular weight excluding hydrogens is 280 g/mol. The highest BCUT2D eigenvalue weighted by atomic mass is 16.4. The van der Waals surface area contributed by atoms with Crippen LogP contribution in [0.1, 0.15) is 45.4 Å². The molecular formula is C18H26O4. The minimum atomic E-state index is -0.780. The van der Waals surface area contributed by atoms with Gasteiger partial charge >= 0.3 is 5.97 Å². The Hall–Kier alpha value is -1.68. The molecule has 0 spiro atoms. The molecule has 1 aliphatic carbocycles. The Kier molecular flexibility index (Phi) is 8.44. The second kappa shape index (κ2) is 10.1. The Morgan fingerprint density at radius 1 is 1.36 bits per heavy atom. The van der Waals surface area contributed by atoms with Gasteiger partial charge in [-0.25, -0.2) is 0 Å². The summed E-state index contributed by atoms with van der Waals surface area (Å²) < 4.78 is 0. The number of carboxylic acids is 1. The maximum absolute atomic E-state index is 11.9. The van der Waals surface area contributed by atoms with Crippen molar-refractivity contribution in [1.82, 2.24) is 0 Å². The molecule has 0 aromatic carbocycles. The number of hydrogen-bond donors (Lipinski definition) is 2. The van der Waals surface area contributed by atoms with Gasteiger partial charge in [0.1, 0.15) is 0 Å². The fourth-order valence-electron chi connectivity index (χ4n) is 2.56.